The first kappa shape index (κ1) is 14.4. The molecular formula is C23H19F2N. The lowest BCUT2D eigenvalue weighted by atomic mass is 9.97. The van der Waals surface area contributed by atoms with Crippen LogP contribution >= 0.6 is 0 Å². The van der Waals surface area contributed by atoms with Gasteiger partial charge in [0, 0.05) is 25.3 Å². The number of hydrogen-bond donors (Lipinski definition) is 0. The topological polar surface area (TPSA) is 12.9 Å². The van der Waals surface area contributed by atoms with Crippen LogP contribution < -0.4 is 0 Å². The quantitative estimate of drug-likeness (QED) is 0.383. The third-order valence-corrected chi connectivity index (χ3v) is 4.41. The van der Waals surface area contributed by atoms with Crippen molar-refractivity contribution in [2.75, 3.05) is 0 Å². The van der Waals surface area contributed by atoms with Crippen LogP contribution in [0.5, 0.6) is 0 Å². The molecule has 0 aliphatic carbocycles. The Balaban J connectivity index is 1.92. The molecule has 1 aromatic heterocycles. The van der Waals surface area contributed by atoms with Gasteiger partial charge >= 0.3 is 0 Å². The standard InChI is InChI=1S/C23H19F2N/c1-14(2)11-15-9-10-26-21(12-15)16-7-8-18-17-5-3-4-6-19(17)22(24)23(25)20(18)13-16/h3-10,12-14H,11H2,1-2H3/i11D2. The lowest BCUT2D eigenvalue weighted by Crippen LogP contribution is -1.96. The molecular weight excluding hydrogens is 328 g/mol. The maximum atomic E-state index is 14.7. The van der Waals surface area contributed by atoms with Crippen molar-refractivity contribution in [3.63, 3.8) is 0 Å². The Morgan fingerprint density at radius 3 is 2.35 bits per heavy atom. The van der Waals surface area contributed by atoms with E-state index in [0.717, 1.165) is 0 Å². The molecule has 1 heterocycles. The molecule has 26 heavy (non-hydrogen) atoms. The number of rotatable bonds is 3. The zero-order valence-corrected chi connectivity index (χ0v) is 14.6. The average Bonchev–Trinajstić information content (AvgIpc) is 2.71. The fraction of sp³-hybridized carbons (Fsp3) is 0.174. The summed E-state index contributed by atoms with van der Waals surface area (Å²) in [4.78, 5) is 4.32. The van der Waals surface area contributed by atoms with Gasteiger partial charge in [-0.3, -0.25) is 4.98 Å². The van der Waals surface area contributed by atoms with E-state index in [4.69, 9.17) is 2.74 Å². The van der Waals surface area contributed by atoms with Gasteiger partial charge in [-0.25, -0.2) is 8.78 Å². The third kappa shape index (κ3) is 2.84. The van der Waals surface area contributed by atoms with E-state index in [9.17, 15) is 8.78 Å². The molecule has 0 saturated carbocycles. The van der Waals surface area contributed by atoms with E-state index >= 15 is 0 Å². The van der Waals surface area contributed by atoms with Gasteiger partial charge < -0.3 is 0 Å². The van der Waals surface area contributed by atoms with Crippen LogP contribution in [0.2, 0.25) is 0 Å². The Hall–Kier alpha value is -2.81. The zero-order valence-electron chi connectivity index (χ0n) is 16.6. The van der Waals surface area contributed by atoms with Crippen molar-refractivity contribution in [3.05, 3.63) is 78.0 Å². The molecule has 1 nitrogen and oxygen atoms in total. The molecule has 130 valence electrons. The molecule has 0 aliphatic heterocycles. The largest absolute Gasteiger partial charge is 0.256 e. The Morgan fingerprint density at radius 2 is 1.58 bits per heavy atom. The van der Waals surface area contributed by atoms with Crippen LogP contribution in [-0.4, -0.2) is 4.98 Å². The summed E-state index contributed by atoms with van der Waals surface area (Å²) in [5.41, 5.74) is 1.65. The Kier molecular flexibility index (Phi) is 3.59. The number of halogens is 2. The molecule has 0 atom stereocenters. The Labute approximate surface area is 154 Å². The molecule has 4 aromatic rings. The molecule has 0 N–H and O–H groups in total. The first-order valence-corrected chi connectivity index (χ1v) is 8.57. The second-order valence-electron chi connectivity index (χ2n) is 6.66. The fourth-order valence-corrected chi connectivity index (χ4v) is 3.28. The third-order valence-electron chi connectivity index (χ3n) is 4.41. The summed E-state index contributed by atoms with van der Waals surface area (Å²) in [7, 11) is 0. The van der Waals surface area contributed by atoms with Crippen molar-refractivity contribution in [1.82, 2.24) is 4.98 Å². The SMILES string of the molecule is [2H]C([2H])(c1ccnc(-c2ccc3c(c2)c(F)c(F)c2ccccc23)c1)C(C)C. The maximum absolute atomic E-state index is 14.7. The minimum absolute atomic E-state index is 0.188. The average molecular weight is 349 g/mol. The van der Waals surface area contributed by atoms with E-state index in [-0.39, 0.29) is 16.7 Å². The van der Waals surface area contributed by atoms with Crippen LogP contribution in [-0.2, 0) is 6.37 Å². The van der Waals surface area contributed by atoms with Gasteiger partial charge in [0.15, 0.2) is 11.6 Å². The van der Waals surface area contributed by atoms with Crippen LogP contribution in [0.3, 0.4) is 0 Å². The summed E-state index contributed by atoms with van der Waals surface area (Å²) < 4.78 is 45.9. The number of pyridine rings is 1. The minimum atomic E-state index is -1.51. The van der Waals surface area contributed by atoms with E-state index in [1.165, 1.54) is 0 Å². The van der Waals surface area contributed by atoms with E-state index < -0.39 is 18.0 Å². The summed E-state index contributed by atoms with van der Waals surface area (Å²) in [5.74, 6) is -1.96. The highest BCUT2D eigenvalue weighted by molar-refractivity contribution is 6.08. The lowest BCUT2D eigenvalue weighted by Gasteiger charge is -2.10. The summed E-state index contributed by atoms with van der Waals surface area (Å²) in [5, 5.41) is 1.73. The normalized spacial score (nSPS) is 13.3. The predicted octanol–water partition coefficient (Wildman–Crippen LogP) is 6.53. The number of fused-ring (bicyclic) bond motifs is 3. The molecule has 0 bridgehead atoms. The molecule has 0 radical (unpaired) electrons. The highest BCUT2D eigenvalue weighted by Crippen LogP contribution is 2.33. The first-order valence-electron chi connectivity index (χ1n) is 9.57. The molecule has 0 aliphatic rings. The summed E-state index contributed by atoms with van der Waals surface area (Å²) in [6, 6.07) is 15.3. The first-order chi connectivity index (χ1) is 13.3. The van der Waals surface area contributed by atoms with Gasteiger partial charge in [0.2, 0.25) is 0 Å². The highest BCUT2D eigenvalue weighted by atomic mass is 19.2. The van der Waals surface area contributed by atoms with Crippen LogP contribution in [0.15, 0.2) is 60.8 Å². The van der Waals surface area contributed by atoms with Gasteiger partial charge in [-0.05, 0) is 46.8 Å². The van der Waals surface area contributed by atoms with Crippen molar-refractivity contribution in [2.45, 2.75) is 20.2 Å². The summed E-state index contributed by atoms with van der Waals surface area (Å²) in [6.07, 6.45) is 0.0362. The molecule has 0 amide bonds. The molecule has 0 saturated heterocycles. The van der Waals surface area contributed by atoms with Gasteiger partial charge in [-0.15, -0.1) is 0 Å². The summed E-state index contributed by atoms with van der Waals surface area (Å²) in [6.45, 7) is 3.64. The molecule has 4 rings (SSSR count). The van der Waals surface area contributed by atoms with Gasteiger partial charge in [0.05, 0.1) is 5.69 Å². The van der Waals surface area contributed by atoms with Crippen LogP contribution in [0.25, 0.3) is 32.8 Å². The second-order valence-corrected chi connectivity index (χ2v) is 6.66. The monoisotopic (exact) mass is 349 g/mol. The van der Waals surface area contributed by atoms with Crippen LogP contribution in [0.4, 0.5) is 8.78 Å². The van der Waals surface area contributed by atoms with Crippen molar-refractivity contribution < 1.29 is 11.5 Å². The number of aromatic nitrogens is 1. The Morgan fingerprint density at radius 1 is 0.885 bits per heavy atom. The van der Waals surface area contributed by atoms with Crippen molar-refractivity contribution in [1.29, 1.82) is 0 Å². The van der Waals surface area contributed by atoms with Gasteiger partial charge in [-0.1, -0.05) is 50.2 Å². The summed E-state index contributed by atoms with van der Waals surface area (Å²) >= 11 is 0. The van der Waals surface area contributed by atoms with Crippen LogP contribution in [0, 0.1) is 17.6 Å². The highest BCUT2D eigenvalue weighted by Gasteiger charge is 2.15. The lowest BCUT2D eigenvalue weighted by molar-refractivity contribution is 0.525. The van der Waals surface area contributed by atoms with E-state index in [1.54, 1.807) is 54.7 Å². The van der Waals surface area contributed by atoms with Crippen molar-refractivity contribution in [3.8, 4) is 11.3 Å². The molecule has 0 spiro atoms. The van der Waals surface area contributed by atoms with E-state index in [1.807, 2.05) is 19.9 Å². The van der Waals surface area contributed by atoms with Crippen molar-refractivity contribution in [2.24, 2.45) is 5.92 Å². The maximum Gasteiger partial charge on any atom is 0.167 e. The number of benzene rings is 3. The van der Waals surface area contributed by atoms with Gasteiger partial charge in [0.1, 0.15) is 0 Å². The van der Waals surface area contributed by atoms with E-state index in [0.29, 0.717) is 27.6 Å². The van der Waals surface area contributed by atoms with Gasteiger partial charge in [0.25, 0.3) is 0 Å². The molecule has 3 heteroatoms. The molecule has 3 aromatic carbocycles. The predicted molar refractivity (Wildman–Crippen MR) is 103 cm³/mol. The van der Waals surface area contributed by atoms with E-state index in [2.05, 4.69) is 4.98 Å². The smallest absolute Gasteiger partial charge is 0.167 e. The fourth-order valence-electron chi connectivity index (χ4n) is 3.28. The second kappa shape index (κ2) is 6.49. The number of nitrogens with zero attached hydrogens (tertiary/aromatic N) is 1. The van der Waals surface area contributed by atoms with Crippen LogP contribution in [0.1, 0.15) is 22.2 Å². The van der Waals surface area contributed by atoms with Crippen molar-refractivity contribution >= 4 is 21.5 Å². The zero-order chi connectivity index (χ0) is 20.1. The molecule has 0 unspecified atom stereocenters. The van der Waals surface area contributed by atoms with Gasteiger partial charge in [-0.2, -0.15) is 0 Å². The molecule has 0 fully saturated rings. The Bertz CT molecular complexity index is 1200. The minimum Gasteiger partial charge on any atom is -0.256 e. The number of hydrogen-bond acceptors (Lipinski definition) is 1.